The number of rotatable bonds is 4. The second kappa shape index (κ2) is 7.99. The summed E-state index contributed by atoms with van der Waals surface area (Å²) in [5.41, 5.74) is 0.505. The molecule has 0 bridgehead atoms. The van der Waals surface area contributed by atoms with Crippen LogP contribution in [0.25, 0.3) is 0 Å². The van der Waals surface area contributed by atoms with E-state index in [1.54, 1.807) is 19.0 Å². The van der Waals surface area contributed by atoms with Gasteiger partial charge in [-0.05, 0) is 38.3 Å². The van der Waals surface area contributed by atoms with Crippen molar-refractivity contribution >= 4 is 11.9 Å². The Labute approximate surface area is 173 Å². The van der Waals surface area contributed by atoms with Gasteiger partial charge in [0.15, 0.2) is 0 Å². The monoisotopic (exact) mass is 394 g/mol. The Morgan fingerprint density at radius 1 is 0.966 bits per heavy atom. The van der Waals surface area contributed by atoms with Gasteiger partial charge in [-0.3, -0.25) is 14.9 Å². The lowest BCUT2D eigenvalue weighted by molar-refractivity contribution is -0.157. The molecule has 1 fully saturated rings. The lowest BCUT2D eigenvalue weighted by atomic mass is 9.73. The first-order chi connectivity index (χ1) is 13.6. The van der Waals surface area contributed by atoms with Gasteiger partial charge >= 0.3 is 5.97 Å². The maximum Gasteiger partial charge on any atom is 0.323 e. The molecule has 5 nitrogen and oxygen atoms in total. The van der Waals surface area contributed by atoms with Gasteiger partial charge in [0.05, 0.1) is 11.5 Å². The summed E-state index contributed by atoms with van der Waals surface area (Å²) < 4.78 is 5.65. The molecule has 1 saturated heterocycles. The number of carbonyl (C=O) groups excluding carboxylic acids is 2. The van der Waals surface area contributed by atoms with Gasteiger partial charge in [0.1, 0.15) is 11.6 Å². The number of hydrogen-bond acceptors (Lipinski definition) is 4. The van der Waals surface area contributed by atoms with E-state index in [9.17, 15) is 9.59 Å². The summed E-state index contributed by atoms with van der Waals surface area (Å²) >= 11 is 0. The standard InChI is InChI=1S/C24H30N2O3/c1-23(2,3)29-22(28)20-16-19(21(27)26(4)5)24(25-20,17-12-8-6-9-13-17)18-14-10-7-11-15-18/h6-15,19-20,25H,16H2,1-5H3. The van der Waals surface area contributed by atoms with E-state index in [2.05, 4.69) is 5.32 Å². The molecule has 1 N–H and O–H groups in total. The topological polar surface area (TPSA) is 58.6 Å². The van der Waals surface area contributed by atoms with Crippen molar-refractivity contribution in [1.82, 2.24) is 10.2 Å². The van der Waals surface area contributed by atoms with Crippen molar-refractivity contribution in [2.24, 2.45) is 5.92 Å². The van der Waals surface area contributed by atoms with Gasteiger partial charge in [0.25, 0.3) is 0 Å². The first-order valence-corrected chi connectivity index (χ1v) is 9.98. The number of benzene rings is 2. The predicted octanol–water partition coefficient (Wildman–Crippen LogP) is 3.34. The van der Waals surface area contributed by atoms with E-state index in [-0.39, 0.29) is 11.9 Å². The third-order valence-electron chi connectivity index (χ3n) is 5.28. The molecule has 0 spiro atoms. The van der Waals surface area contributed by atoms with E-state index < -0.39 is 23.1 Å². The van der Waals surface area contributed by atoms with Crippen molar-refractivity contribution in [1.29, 1.82) is 0 Å². The fourth-order valence-corrected chi connectivity index (χ4v) is 4.11. The van der Waals surface area contributed by atoms with Gasteiger partial charge in [-0.1, -0.05) is 60.7 Å². The largest absolute Gasteiger partial charge is 0.459 e. The Bertz CT molecular complexity index is 817. The third kappa shape index (κ3) is 4.20. The number of nitrogens with zero attached hydrogens (tertiary/aromatic N) is 1. The SMILES string of the molecule is CN(C)C(=O)C1CC(C(=O)OC(C)(C)C)NC1(c1ccccc1)c1ccccc1. The molecular formula is C24H30N2O3. The van der Waals surface area contributed by atoms with Crippen LogP contribution in [0.4, 0.5) is 0 Å². The lowest BCUT2D eigenvalue weighted by Crippen LogP contribution is -2.50. The Morgan fingerprint density at radius 2 is 1.45 bits per heavy atom. The summed E-state index contributed by atoms with van der Waals surface area (Å²) in [5.74, 6) is -0.793. The molecule has 0 saturated carbocycles. The minimum absolute atomic E-state index is 0.0173. The zero-order valence-electron chi connectivity index (χ0n) is 17.8. The number of nitrogens with one attached hydrogen (secondary N) is 1. The summed E-state index contributed by atoms with van der Waals surface area (Å²) in [6, 6.07) is 19.2. The molecule has 2 unspecified atom stereocenters. The number of carbonyl (C=O) groups is 2. The van der Waals surface area contributed by atoms with Crippen molar-refractivity contribution in [2.75, 3.05) is 14.1 Å². The first-order valence-electron chi connectivity index (χ1n) is 9.98. The molecule has 5 heteroatoms. The second-order valence-electron chi connectivity index (χ2n) is 8.79. The van der Waals surface area contributed by atoms with Crippen LogP contribution >= 0.6 is 0 Å². The van der Waals surface area contributed by atoms with Crippen LogP contribution in [0, 0.1) is 5.92 Å². The van der Waals surface area contributed by atoms with Crippen LogP contribution in [0.5, 0.6) is 0 Å². The maximum absolute atomic E-state index is 13.3. The van der Waals surface area contributed by atoms with Gasteiger partial charge in [0.2, 0.25) is 5.91 Å². The van der Waals surface area contributed by atoms with Crippen molar-refractivity contribution < 1.29 is 14.3 Å². The minimum Gasteiger partial charge on any atom is -0.459 e. The number of esters is 1. The van der Waals surface area contributed by atoms with Crippen molar-refractivity contribution in [3.05, 3.63) is 71.8 Å². The van der Waals surface area contributed by atoms with E-state index >= 15 is 0 Å². The zero-order valence-corrected chi connectivity index (χ0v) is 17.8. The summed E-state index contributed by atoms with van der Waals surface area (Å²) in [7, 11) is 3.51. The van der Waals surface area contributed by atoms with Crippen LogP contribution in [0.15, 0.2) is 60.7 Å². The Kier molecular flexibility index (Phi) is 5.80. The highest BCUT2D eigenvalue weighted by atomic mass is 16.6. The minimum atomic E-state index is -0.814. The molecule has 0 radical (unpaired) electrons. The van der Waals surface area contributed by atoms with E-state index in [4.69, 9.17) is 4.74 Å². The van der Waals surface area contributed by atoms with Crippen LogP contribution in [0.1, 0.15) is 38.3 Å². The molecule has 2 aromatic rings. The molecule has 3 rings (SSSR count). The van der Waals surface area contributed by atoms with E-state index in [1.807, 2.05) is 81.4 Å². The third-order valence-corrected chi connectivity index (χ3v) is 5.28. The van der Waals surface area contributed by atoms with Crippen LogP contribution in [0.2, 0.25) is 0 Å². The van der Waals surface area contributed by atoms with Crippen LogP contribution in [-0.4, -0.2) is 42.5 Å². The average molecular weight is 395 g/mol. The predicted molar refractivity (Wildman–Crippen MR) is 113 cm³/mol. The van der Waals surface area contributed by atoms with Gasteiger partial charge in [-0.15, -0.1) is 0 Å². The summed E-state index contributed by atoms with van der Waals surface area (Å²) in [6.45, 7) is 5.55. The van der Waals surface area contributed by atoms with E-state index in [0.717, 1.165) is 11.1 Å². The van der Waals surface area contributed by atoms with Gasteiger partial charge in [-0.25, -0.2) is 0 Å². The van der Waals surface area contributed by atoms with Crippen molar-refractivity contribution in [3.8, 4) is 0 Å². The van der Waals surface area contributed by atoms with E-state index in [1.165, 1.54) is 0 Å². The van der Waals surface area contributed by atoms with Crippen molar-refractivity contribution in [3.63, 3.8) is 0 Å². The van der Waals surface area contributed by atoms with Crippen molar-refractivity contribution in [2.45, 2.75) is 44.4 Å². The molecule has 1 aliphatic rings. The van der Waals surface area contributed by atoms with Crippen LogP contribution in [-0.2, 0) is 19.9 Å². The first kappa shape index (κ1) is 21.1. The lowest BCUT2D eigenvalue weighted by Gasteiger charge is -2.37. The maximum atomic E-state index is 13.3. The summed E-state index contributed by atoms with van der Waals surface area (Å²) in [4.78, 5) is 27.8. The Balaban J connectivity index is 2.14. The highest BCUT2D eigenvalue weighted by Crippen LogP contribution is 2.45. The molecule has 154 valence electrons. The smallest absolute Gasteiger partial charge is 0.323 e. The molecule has 1 heterocycles. The highest BCUT2D eigenvalue weighted by Gasteiger charge is 2.55. The summed E-state index contributed by atoms with van der Waals surface area (Å²) in [6.07, 6.45) is 0.371. The fourth-order valence-electron chi connectivity index (χ4n) is 4.11. The quantitative estimate of drug-likeness (QED) is 0.808. The molecule has 1 amide bonds. The van der Waals surface area contributed by atoms with Crippen LogP contribution < -0.4 is 5.32 Å². The van der Waals surface area contributed by atoms with Gasteiger partial charge < -0.3 is 9.64 Å². The molecule has 2 atom stereocenters. The average Bonchev–Trinajstić information content (AvgIpc) is 3.09. The molecule has 29 heavy (non-hydrogen) atoms. The highest BCUT2D eigenvalue weighted by molar-refractivity contribution is 5.85. The molecule has 2 aromatic carbocycles. The molecule has 0 aliphatic carbocycles. The normalized spacial score (nSPS) is 20.9. The number of ether oxygens (including phenoxy) is 1. The van der Waals surface area contributed by atoms with Gasteiger partial charge in [-0.2, -0.15) is 0 Å². The van der Waals surface area contributed by atoms with Gasteiger partial charge in [0, 0.05) is 14.1 Å². The second-order valence-corrected chi connectivity index (χ2v) is 8.79. The summed E-state index contributed by atoms with van der Waals surface area (Å²) in [5, 5.41) is 3.52. The Morgan fingerprint density at radius 3 is 1.86 bits per heavy atom. The Hall–Kier alpha value is -2.66. The fraction of sp³-hybridized carbons (Fsp3) is 0.417. The number of amides is 1. The molecular weight excluding hydrogens is 364 g/mol. The van der Waals surface area contributed by atoms with Crippen LogP contribution in [0.3, 0.4) is 0 Å². The zero-order chi connectivity index (χ0) is 21.2. The molecule has 0 aromatic heterocycles. The molecule has 1 aliphatic heterocycles. The van der Waals surface area contributed by atoms with E-state index in [0.29, 0.717) is 6.42 Å². The number of hydrogen-bond donors (Lipinski definition) is 1.